The van der Waals surface area contributed by atoms with Gasteiger partial charge in [0.1, 0.15) is 5.03 Å². The maximum atomic E-state index is 12.3. The Morgan fingerprint density at radius 3 is 2.64 bits per heavy atom. The Morgan fingerprint density at radius 1 is 0.939 bits per heavy atom. The van der Waals surface area contributed by atoms with Crippen LogP contribution in [0, 0.1) is 6.92 Å². The van der Waals surface area contributed by atoms with E-state index in [9.17, 15) is 4.79 Å². The predicted molar refractivity (Wildman–Crippen MR) is 132 cm³/mol. The zero-order valence-electron chi connectivity index (χ0n) is 18.2. The predicted octanol–water partition coefficient (Wildman–Crippen LogP) is 4.85. The summed E-state index contributed by atoms with van der Waals surface area (Å²) >= 11 is 1.69. The smallest absolute Gasteiger partial charge is 0.251 e. The molecular weight excluding hydrogens is 430 g/mol. The second-order valence-electron chi connectivity index (χ2n) is 7.86. The number of carbonyl (C=O) groups is 1. The summed E-state index contributed by atoms with van der Waals surface area (Å²) in [5.41, 5.74) is 3.76. The molecule has 2 aromatic heterocycles. The summed E-state index contributed by atoms with van der Waals surface area (Å²) < 4.78 is 1.77. The number of rotatable bonds is 7. The molecule has 0 saturated carbocycles. The molecule has 0 radical (unpaired) electrons. The number of benzene rings is 3. The van der Waals surface area contributed by atoms with E-state index >= 15 is 0 Å². The van der Waals surface area contributed by atoms with Crippen molar-refractivity contribution in [2.75, 3.05) is 6.54 Å². The molecule has 0 bridgehead atoms. The SMILES string of the molecule is Cc1ccc(C(=O)NCCc2nnc3ccc(SCc4cccc5ccccc45)nn23)cc1. The Kier molecular flexibility index (Phi) is 6.04. The van der Waals surface area contributed by atoms with Gasteiger partial charge < -0.3 is 5.32 Å². The van der Waals surface area contributed by atoms with Gasteiger partial charge in [0, 0.05) is 24.3 Å². The van der Waals surface area contributed by atoms with E-state index in [1.54, 1.807) is 16.3 Å². The lowest BCUT2D eigenvalue weighted by molar-refractivity contribution is 0.0954. The third-order valence-electron chi connectivity index (χ3n) is 5.51. The molecule has 6 nitrogen and oxygen atoms in total. The molecule has 5 rings (SSSR count). The van der Waals surface area contributed by atoms with Crippen LogP contribution in [0.1, 0.15) is 27.3 Å². The van der Waals surface area contributed by atoms with Gasteiger partial charge in [-0.15, -0.1) is 10.2 Å². The van der Waals surface area contributed by atoms with Crippen molar-refractivity contribution < 1.29 is 4.79 Å². The molecule has 0 aliphatic rings. The first-order valence-corrected chi connectivity index (χ1v) is 11.8. The topological polar surface area (TPSA) is 72.2 Å². The molecule has 33 heavy (non-hydrogen) atoms. The Labute approximate surface area is 196 Å². The highest BCUT2D eigenvalue weighted by Crippen LogP contribution is 2.26. The maximum Gasteiger partial charge on any atom is 0.251 e. The fraction of sp³-hybridized carbons (Fsp3) is 0.154. The van der Waals surface area contributed by atoms with Gasteiger partial charge in [-0.25, -0.2) is 0 Å². The quantitative estimate of drug-likeness (QED) is 0.357. The number of amides is 1. The van der Waals surface area contributed by atoms with Gasteiger partial charge in [0.15, 0.2) is 11.5 Å². The summed E-state index contributed by atoms with van der Waals surface area (Å²) in [6.07, 6.45) is 0.545. The highest BCUT2D eigenvalue weighted by molar-refractivity contribution is 7.98. The zero-order valence-corrected chi connectivity index (χ0v) is 19.0. The molecular formula is C26H23N5OS. The second-order valence-corrected chi connectivity index (χ2v) is 8.85. The van der Waals surface area contributed by atoms with Crippen LogP contribution < -0.4 is 5.32 Å². The van der Waals surface area contributed by atoms with Crippen molar-refractivity contribution in [3.63, 3.8) is 0 Å². The molecule has 0 aliphatic heterocycles. The number of hydrogen-bond acceptors (Lipinski definition) is 5. The van der Waals surface area contributed by atoms with E-state index in [1.165, 1.54) is 16.3 Å². The van der Waals surface area contributed by atoms with Crippen LogP contribution in [0.4, 0.5) is 0 Å². The molecule has 1 amide bonds. The average molecular weight is 454 g/mol. The number of nitrogens with one attached hydrogen (secondary N) is 1. The number of fused-ring (bicyclic) bond motifs is 2. The van der Waals surface area contributed by atoms with Crippen LogP contribution in [0.15, 0.2) is 83.9 Å². The van der Waals surface area contributed by atoms with Crippen molar-refractivity contribution in [2.45, 2.75) is 24.1 Å². The van der Waals surface area contributed by atoms with Crippen molar-refractivity contribution >= 4 is 34.1 Å². The number of nitrogens with zero attached hydrogens (tertiary/aromatic N) is 4. The first-order valence-electron chi connectivity index (χ1n) is 10.8. The van der Waals surface area contributed by atoms with E-state index in [4.69, 9.17) is 5.10 Å². The summed E-state index contributed by atoms with van der Waals surface area (Å²) in [4.78, 5) is 12.3. The van der Waals surface area contributed by atoms with Crippen LogP contribution in [0.2, 0.25) is 0 Å². The maximum absolute atomic E-state index is 12.3. The lowest BCUT2D eigenvalue weighted by Gasteiger charge is -2.07. The van der Waals surface area contributed by atoms with Crippen molar-refractivity contribution in [3.8, 4) is 0 Å². The van der Waals surface area contributed by atoms with Crippen LogP contribution in [0.3, 0.4) is 0 Å². The van der Waals surface area contributed by atoms with Crippen LogP contribution in [0.25, 0.3) is 16.4 Å². The molecule has 164 valence electrons. The van der Waals surface area contributed by atoms with Crippen LogP contribution in [-0.4, -0.2) is 32.3 Å². The first kappa shape index (κ1) is 21.2. The largest absolute Gasteiger partial charge is 0.352 e. The minimum absolute atomic E-state index is 0.0943. The number of hydrogen-bond donors (Lipinski definition) is 1. The van der Waals surface area contributed by atoms with Crippen LogP contribution >= 0.6 is 11.8 Å². The molecule has 0 aliphatic carbocycles. The Bertz CT molecular complexity index is 1420. The molecule has 7 heteroatoms. The molecule has 0 unspecified atom stereocenters. The molecule has 5 aromatic rings. The summed E-state index contributed by atoms with van der Waals surface area (Å²) in [5, 5.41) is 19.6. The number of aryl methyl sites for hydroxylation is 1. The van der Waals surface area contributed by atoms with E-state index in [-0.39, 0.29) is 5.91 Å². The Hall–Kier alpha value is -3.71. The zero-order chi connectivity index (χ0) is 22.6. The van der Waals surface area contributed by atoms with Gasteiger partial charge in [0.25, 0.3) is 5.91 Å². The van der Waals surface area contributed by atoms with Crippen molar-refractivity contribution in [3.05, 3.63) is 101 Å². The summed E-state index contributed by atoms with van der Waals surface area (Å²) in [6.45, 7) is 2.46. The molecule has 0 spiro atoms. The molecule has 1 N–H and O–H groups in total. The van der Waals surface area contributed by atoms with Gasteiger partial charge in [0.05, 0.1) is 0 Å². The van der Waals surface area contributed by atoms with Gasteiger partial charge in [-0.2, -0.15) is 9.61 Å². The monoisotopic (exact) mass is 453 g/mol. The van der Waals surface area contributed by atoms with E-state index in [1.807, 2.05) is 43.3 Å². The molecule has 0 fully saturated rings. The summed E-state index contributed by atoms with van der Waals surface area (Å²) in [7, 11) is 0. The highest BCUT2D eigenvalue weighted by atomic mass is 32.2. The van der Waals surface area contributed by atoms with Gasteiger partial charge in [0.2, 0.25) is 0 Å². The third kappa shape index (κ3) is 4.73. The van der Waals surface area contributed by atoms with Crippen molar-refractivity contribution in [2.24, 2.45) is 0 Å². The molecule has 2 heterocycles. The molecule has 0 saturated heterocycles. The van der Waals surface area contributed by atoms with Gasteiger partial charge in [-0.3, -0.25) is 4.79 Å². The average Bonchev–Trinajstić information content (AvgIpc) is 3.25. The van der Waals surface area contributed by atoms with Gasteiger partial charge in [-0.1, -0.05) is 71.9 Å². The Morgan fingerprint density at radius 2 is 1.76 bits per heavy atom. The first-order chi connectivity index (χ1) is 16.2. The number of thioether (sulfide) groups is 1. The standard InChI is InChI=1S/C26H23N5OS/c1-18-9-11-20(12-10-18)26(32)27-16-15-24-29-28-23-13-14-25(30-31(23)24)33-17-21-7-4-6-19-5-2-3-8-22(19)21/h2-14H,15-17H2,1H3,(H,27,32). The summed E-state index contributed by atoms with van der Waals surface area (Å²) in [5.74, 6) is 1.45. The normalized spacial score (nSPS) is 11.2. The van der Waals surface area contributed by atoms with Crippen molar-refractivity contribution in [1.29, 1.82) is 0 Å². The third-order valence-corrected chi connectivity index (χ3v) is 6.48. The minimum Gasteiger partial charge on any atom is -0.352 e. The fourth-order valence-corrected chi connectivity index (χ4v) is 4.57. The van der Waals surface area contributed by atoms with E-state index in [2.05, 4.69) is 58.0 Å². The fourth-order valence-electron chi connectivity index (χ4n) is 3.71. The number of carbonyl (C=O) groups excluding carboxylic acids is 1. The van der Waals surface area contributed by atoms with Gasteiger partial charge in [-0.05, 0) is 47.5 Å². The number of aromatic nitrogens is 4. The van der Waals surface area contributed by atoms with Crippen molar-refractivity contribution in [1.82, 2.24) is 25.1 Å². The highest BCUT2D eigenvalue weighted by Gasteiger charge is 2.10. The summed E-state index contributed by atoms with van der Waals surface area (Å²) in [6, 6.07) is 26.2. The van der Waals surface area contributed by atoms with Gasteiger partial charge >= 0.3 is 0 Å². The van der Waals surface area contributed by atoms with Crippen LogP contribution in [0.5, 0.6) is 0 Å². The minimum atomic E-state index is -0.0943. The molecule has 3 aromatic carbocycles. The Balaban J connectivity index is 1.25. The lowest BCUT2D eigenvalue weighted by Crippen LogP contribution is -2.26. The van der Waals surface area contributed by atoms with E-state index in [0.29, 0.717) is 24.2 Å². The van der Waals surface area contributed by atoms with E-state index in [0.717, 1.165) is 22.2 Å². The van der Waals surface area contributed by atoms with Crippen LogP contribution in [-0.2, 0) is 12.2 Å². The molecule has 0 atom stereocenters. The lowest BCUT2D eigenvalue weighted by atomic mass is 10.1. The van der Waals surface area contributed by atoms with E-state index < -0.39 is 0 Å². The second kappa shape index (κ2) is 9.42.